The van der Waals surface area contributed by atoms with Gasteiger partial charge in [0, 0.05) is 13.2 Å². The van der Waals surface area contributed by atoms with E-state index < -0.39 is 9.84 Å². The largest absolute Gasteiger partial charge is 0.379 e. The summed E-state index contributed by atoms with van der Waals surface area (Å²) in [5, 5.41) is 2.97. The normalized spacial score (nSPS) is 25.9. The predicted octanol–water partition coefficient (Wildman–Crippen LogP) is 1.75. The Balaban J connectivity index is 2.65. The Kier molecular flexibility index (Phi) is 5.62. The van der Waals surface area contributed by atoms with Crippen LogP contribution in [-0.2, 0) is 14.6 Å². The molecule has 1 saturated heterocycles. The molecular formula is C13H27NO3S. The van der Waals surface area contributed by atoms with Crippen LogP contribution in [-0.4, -0.2) is 45.2 Å². The number of ether oxygens (including phenoxy) is 1. The minimum atomic E-state index is -2.91. The standard InChI is InChI=1S/C13H27NO3S/c1-13(2,17-4)9-8-11(14-3)12-7-5-6-10-18(12,15)16/h11-12,14H,5-10H2,1-4H3. The molecule has 1 aliphatic rings. The quantitative estimate of drug-likeness (QED) is 0.803. The molecule has 1 aliphatic heterocycles. The Morgan fingerprint density at radius 2 is 2.06 bits per heavy atom. The maximum Gasteiger partial charge on any atom is 0.154 e. The van der Waals surface area contributed by atoms with Crippen molar-refractivity contribution in [3.63, 3.8) is 0 Å². The fourth-order valence-corrected chi connectivity index (χ4v) is 4.76. The van der Waals surface area contributed by atoms with Crippen molar-refractivity contribution in [1.82, 2.24) is 5.32 Å². The Morgan fingerprint density at radius 3 is 2.56 bits per heavy atom. The summed E-state index contributed by atoms with van der Waals surface area (Å²) < 4.78 is 29.6. The summed E-state index contributed by atoms with van der Waals surface area (Å²) in [7, 11) is 0.643. The van der Waals surface area contributed by atoms with Crippen LogP contribution in [0.1, 0.15) is 46.0 Å². The van der Waals surface area contributed by atoms with Gasteiger partial charge < -0.3 is 10.1 Å². The fraction of sp³-hybridized carbons (Fsp3) is 1.00. The first-order valence-electron chi connectivity index (χ1n) is 6.76. The minimum absolute atomic E-state index is 0.0460. The zero-order valence-corrected chi connectivity index (χ0v) is 12.8. The van der Waals surface area contributed by atoms with Crippen molar-refractivity contribution in [1.29, 1.82) is 0 Å². The van der Waals surface area contributed by atoms with Crippen LogP contribution >= 0.6 is 0 Å². The van der Waals surface area contributed by atoms with E-state index in [1.165, 1.54) is 0 Å². The Morgan fingerprint density at radius 1 is 1.39 bits per heavy atom. The maximum atomic E-state index is 12.1. The van der Waals surface area contributed by atoms with E-state index in [-0.39, 0.29) is 16.9 Å². The lowest BCUT2D eigenvalue weighted by atomic mass is 9.95. The predicted molar refractivity (Wildman–Crippen MR) is 74.6 cm³/mol. The van der Waals surface area contributed by atoms with Crippen molar-refractivity contribution >= 4 is 9.84 Å². The van der Waals surface area contributed by atoms with Gasteiger partial charge >= 0.3 is 0 Å². The molecule has 0 saturated carbocycles. The van der Waals surface area contributed by atoms with Crippen molar-refractivity contribution < 1.29 is 13.2 Å². The van der Waals surface area contributed by atoms with E-state index in [0.717, 1.165) is 32.1 Å². The average molecular weight is 277 g/mol. The Hall–Kier alpha value is -0.130. The molecule has 0 amide bonds. The lowest BCUT2D eigenvalue weighted by Gasteiger charge is -2.32. The van der Waals surface area contributed by atoms with Crippen LogP contribution in [0.15, 0.2) is 0 Å². The van der Waals surface area contributed by atoms with Crippen LogP contribution in [0.25, 0.3) is 0 Å². The van der Waals surface area contributed by atoms with E-state index >= 15 is 0 Å². The van der Waals surface area contributed by atoms with Gasteiger partial charge in [0.25, 0.3) is 0 Å². The van der Waals surface area contributed by atoms with Gasteiger partial charge in [-0.1, -0.05) is 6.42 Å². The molecule has 1 rings (SSSR count). The molecule has 0 aromatic carbocycles. The van der Waals surface area contributed by atoms with Crippen LogP contribution in [0, 0.1) is 0 Å². The Labute approximate surface area is 111 Å². The molecule has 0 aliphatic carbocycles. The summed E-state index contributed by atoms with van der Waals surface area (Å²) in [6, 6.07) is 0.0460. The topological polar surface area (TPSA) is 55.4 Å². The number of hydrogen-bond acceptors (Lipinski definition) is 4. The molecule has 2 unspecified atom stereocenters. The lowest BCUT2D eigenvalue weighted by molar-refractivity contribution is 0.0117. The van der Waals surface area contributed by atoms with Crippen molar-refractivity contribution in [2.24, 2.45) is 0 Å². The molecular weight excluding hydrogens is 250 g/mol. The van der Waals surface area contributed by atoms with E-state index in [1.54, 1.807) is 7.11 Å². The third-order valence-corrected chi connectivity index (χ3v) is 6.40. The monoisotopic (exact) mass is 277 g/mol. The SMILES string of the molecule is CNC(CCC(C)(C)OC)C1CCCCS1(=O)=O. The van der Waals surface area contributed by atoms with E-state index in [2.05, 4.69) is 5.32 Å². The van der Waals surface area contributed by atoms with Crippen LogP contribution in [0.4, 0.5) is 0 Å². The summed E-state index contributed by atoms with van der Waals surface area (Å²) in [5.74, 6) is 0.351. The zero-order valence-electron chi connectivity index (χ0n) is 12.0. The lowest BCUT2D eigenvalue weighted by Crippen LogP contribution is -2.46. The first-order chi connectivity index (χ1) is 8.32. The second-order valence-corrected chi connectivity index (χ2v) is 8.14. The molecule has 5 heteroatoms. The molecule has 0 spiro atoms. The summed E-state index contributed by atoms with van der Waals surface area (Å²) >= 11 is 0. The molecule has 0 aromatic heterocycles. The summed E-state index contributed by atoms with van der Waals surface area (Å²) in [6.45, 7) is 4.07. The van der Waals surface area contributed by atoms with Crippen LogP contribution in [0.3, 0.4) is 0 Å². The number of hydrogen-bond donors (Lipinski definition) is 1. The fourth-order valence-electron chi connectivity index (χ4n) is 2.55. The van der Waals surface area contributed by atoms with Crippen molar-refractivity contribution in [2.75, 3.05) is 19.9 Å². The van der Waals surface area contributed by atoms with Gasteiger partial charge in [0.15, 0.2) is 9.84 Å². The first-order valence-corrected chi connectivity index (χ1v) is 8.48. The molecule has 108 valence electrons. The highest BCUT2D eigenvalue weighted by Gasteiger charge is 2.35. The van der Waals surface area contributed by atoms with E-state index in [9.17, 15) is 8.42 Å². The highest BCUT2D eigenvalue weighted by atomic mass is 32.2. The average Bonchev–Trinajstić information content (AvgIpc) is 2.31. The van der Waals surface area contributed by atoms with Gasteiger partial charge in [-0.2, -0.15) is 0 Å². The van der Waals surface area contributed by atoms with Gasteiger partial charge in [0.05, 0.1) is 16.6 Å². The smallest absolute Gasteiger partial charge is 0.154 e. The number of sulfone groups is 1. The second kappa shape index (κ2) is 6.35. The van der Waals surface area contributed by atoms with E-state index in [0.29, 0.717) is 5.75 Å². The van der Waals surface area contributed by atoms with Gasteiger partial charge in [0.1, 0.15) is 0 Å². The van der Waals surface area contributed by atoms with Gasteiger partial charge in [0.2, 0.25) is 0 Å². The third kappa shape index (κ3) is 4.21. The minimum Gasteiger partial charge on any atom is -0.379 e. The van der Waals surface area contributed by atoms with Crippen LogP contribution < -0.4 is 5.32 Å². The van der Waals surface area contributed by atoms with Crippen LogP contribution in [0.5, 0.6) is 0 Å². The molecule has 1 fully saturated rings. The van der Waals surface area contributed by atoms with Crippen molar-refractivity contribution in [2.45, 2.75) is 62.8 Å². The summed E-state index contributed by atoms with van der Waals surface area (Å²) in [6.07, 6.45) is 4.33. The second-order valence-electron chi connectivity index (χ2n) is 5.80. The van der Waals surface area contributed by atoms with Gasteiger partial charge in [-0.3, -0.25) is 0 Å². The first kappa shape index (κ1) is 15.9. The molecule has 0 bridgehead atoms. The molecule has 4 nitrogen and oxygen atoms in total. The molecule has 1 heterocycles. The number of rotatable bonds is 6. The van der Waals surface area contributed by atoms with Gasteiger partial charge in [-0.05, 0) is 46.6 Å². The van der Waals surface area contributed by atoms with Crippen molar-refractivity contribution in [3.05, 3.63) is 0 Å². The summed E-state index contributed by atoms with van der Waals surface area (Å²) in [5.41, 5.74) is -0.187. The van der Waals surface area contributed by atoms with Gasteiger partial charge in [-0.15, -0.1) is 0 Å². The highest BCUT2D eigenvalue weighted by Crippen LogP contribution is 2.26. The van der Waals surface area contributed by atoms with Gasteiger partial charge in [-0.25, -0.2) is 8.42 Å². The molecule has 18 heavy (non-hydrogen) atoms. The zero-order chi connectivity index (χ0) is 13.8. The molecule has 0 radical (unpaired) electrons. The van der Waals surface area contributed by atoms with Crippen molar-refractivity contribution in [3.8, 4) is 0 Å². The Bertz CT molecular complexity index is 351. The van der Waals surface area contributed by atoms with E-state index in [4.69, 9.17) is 4.74 Å². The third-order valence-electron chi connectivity index (χ3n) is 4.06. The number of nitrogens with one attached hydrogen (secondary N) is 1. The van der Waals surface area contributed by atoms with Crippen LogP contribution in [0.2, 0.25) is 0 Å². The molecule has 2 atom stereocenters. The highest BCUT2D eigenvalue weighted by molar-refractivity contribution is 7.92. The maximum absolute atomic E-state index is 12.1. The van der Waals surface area contributed by atoms with E-state index in [1.807, 2.05) is 20.9 Å². The molecule has 1 N–H and O–H groups in total. The summed E-state index contributed by atoms with van der Waals surface area (Å²) in [4.78, 5) is 0. The number of methoxy groups -OCH3 is 1. The molecule has 0 aromatic rings.